The highest BCUT2D eigenvalue weighted by Gasteiger charge is 2.28. The molecule has 204 valence electrons. The number of ether oxygens (including phenoxy) is 1. The van der Waals surface area contributed by atoms with Crippen molar-refractivity contribution < 1.29 is 21.6 Å². The lowest BCUT2D eigenvalue weighted by Gasteiger charge is -2.17. The van der Waals surface area contributed by atoms with Crippen LogP contribution >= 0.6 is 15.9 Å². The molecular weight excluding hydrogens is 606 g/mol. The lowest BCUT2D eigenvalue weighted by Crippen LogP contribution is -2.27. The maximum atomic E-state index is 13.5. The molecule has 1 fully saturated rings. The van der Waals surface area contributed by atoms with Crippen LogP contribution in [-0.2, 0) is 20.0 Å². The maximum absolute atomic E-state index is 13.5. The second-order valence-electron chi connectivity index (χ2n) is 8.80. The normalized spacial score (nSPS) is 14.4. The molecule has 0 amide bonds. The number of rotatable bonds is 9. The number of sulfonamides is 2. The summed E-state index contributed by atoms with van der Waals surface area (Å²) in [4.78, 5) is 9.18. The summed E-state index contributed by atoms with van der Waals surface area (Å²) in [5.74, 6) is 0.251. The summed E-state index contributed by atoms with van der Waals surface area (Å²) in [6.45, 7) is 3.02. The number of hydrogen-bond donors (Lipinski definition) is 2. The molecule has 2 N–H and O–H groups in total. The molecule has 4 aromatic rings. The summed E-state index contributed by atoms with van der Waals surface area (Å²) in [7, 11) is -7.81. The maximum Gasteiger partial charge on any atom is 0.266 e. The van der Waals surface area contributed by atoms with Crippen molar-refractivity contribution >= 4 is 64.3 Å². The van der Waals surface area contributed by atoms with Gasteiger partial charge in [0.25, 0.3) is 10.0 Å². The molecule has 10 nitrogen and oxygen atoms in total. The van der Waals surface area contributed by atoms with Crippen LogP contribution < -0.4 is 14.8 Å². The molecule has 1 saturated heterocycles. The van der Waals surface area contributed by atoms with E-state index in [0.717, 1.165) is 12.8 Å². The Morgan fingerprint density at radius 1 is 0.897 bits per heavy atom. The molecule has 1 aromatic heterocycles. The van der Waals surface area contributed by atoms with E-state index >= 15 is 0 Å². The molecule has 0 aliphatic carbocycles. The third-order valence-corrected chi connectivity index (χ3v) is 9.84. The Morgan fingerprint density at radius 2 is 1.59 bits per heavy atom. The van der Waals surface area contributed by atoms with E-state index < -0.39 is 20.0 Å². The first kappa shape index (κ1) is 27.3. The van der Waals surface area contributed by atoms with Crippen molar-refractivity contribution in [3.8, 4) is 5.75 Å². The van der Waals surface area contributed by atoms with Crippen LogP contribution in [0, 0.1) is 0 Å². The van der Waals surface area contributed by atoms with E-state index in [-0.39, 0.29) is 33.8 Å². The van der Waals surface area contributed by atoms with E-state index in [4.69, 9.17) is 4.74 Å². The number of fused-ring (bicyclic) bond motifs is 1. The molecule has 0 unspecified atom stereocenters. The van der Waals surface area contributed by atoms with Crippen molar-refractivity contribution in [2.45, 2.75) is 29.6 Å². The smallest absolute Gasteiger partial charge is 0.266 e. The van der Waals surface area contributed by atoms with Crippen LogP contribution in [0.3, 0.4) is 0 Å². The number of nitrogens with one attached hydrogen (secondary N) is 2. The van der Waals surface area contributed by atoms with Crippen LogP contribution in [-0.4, -0.2) is 50.8 Å². The van der Waals surface area contributed by atoms with Crippen LogP contribution in [0.2, 0.25) is 0 Å². The number of halogens is 1. The van der Waals surface area contributed by atoms with Crippen molar-refractivity contribution in [2.75, 3.05) is 29.7 Å². The zero-order chi connectivity index (χ0) is 27.6. The second-order valence-corrected chi connectivity index (χ2v) is 13.3. The summed E-state index contributed by atoms with van der Waals surface area (Å²) in [5, 5.41) is 3.07. The average molecular weight is 633 g/mol. The zero-order valence-electron chi connectivity index (χ0n) is 21.0. The Kier molecular flexibility index (Phi) is 7.76. The third kappa shape index (κ3) is 5.86. The van der Waals surface area contributed by atoms with Gasteiger partial charge in [0.05, 0.1) is 22.5 Å². The fraction of sp³-hybridized carbons (Fsp3) is 0.231. The number of aromatic nitrogens is 2. The summed E-state index contributed by atoms with van der Waals surface area (Å²) >= 11 is 3.32. The molecule has 5 rings (SSSR count). The van der Waals surface area contributed by atoms with Crippen LogP contribution in [0.1, 0.15) is 19.8 Å². The zero-order valence-corrected chi connectivity index (χ0v) is 24.2. The molecule has 39 heavy (non-hydrogen) atoms. The highest BCUT2D eigenvalue weighted by atomic mass is 79.9. The fourth-order valence-electron chi connectivity index (χ4n) is 4.26. The number of hydrogen-bond acceptors (Lipinski definition) is 8. The van der Waals surface area contributed by atoms with Gasteiger partial charge in [0.1, 0.15) is 10.6 Å². The Labute approximate surface area is 235 Å². The highest BCUT2D eigenvalue weighted by Crippen LogP contribution is 2.32. The Hall–Kier alpha value is -3.26. The predicted octanol–water partition coefficient (Wildman–Crippen LogP) is 5.12. The predicted molar refractivity (Wildman–Crippen MR) is 153 cm³/mol. The standard InChI is InChI=1S/C26H26BrN5O5S2/c1-2-37-23-13-12-18(27)16-24(23)38(33,34)31-26-25(29-21-10-3-4-11-22(21)30-26)28-19-8-7-9-20(17-19)39(35,36)32-14-5-6-15-32/h3-4,7-13,16-17H,2,5-6,14-15H2,1H3,(H,28,29)(H,30,31). The quantitative estimate of drug-likeness (QED) is 0.260. The topological polar surface area (TPSA) is 131 Å². The molecular formula is C26H26BrN5O5S2. The third-order valence-electron chi connectivity index (χ3n) is 6.10. The van der Waals surface area contributed by atoms with Gasteiger partial charge in [-0.25, -0.2) is 26.8 Å². The molecule has 13 heteroatoms. The van der Waals surface area contributed by atoms with Gasteiger partial charge < -0.3 is 10.1 Å². The van der Waals surface area contributed by atoms with Crippen LogP contribution in [0.15, 0.2) is 81.0 Å². The summed E-state index contributed by atoms with van der Waals surface area (Å²) in [6, 6.07) is 18.1. The van der Waals surface area contributed by atoms with Gasteiger partial charge in [-0.2, -0.15) is 4.31 Å². The SMILES string of the molecule is CCOc1ccc(Br)cc1S(=O)(=O)Nc1nc2ccccc2nc1Nc1cccc(S(=O)(=O)N2CCCC2)c1. The minimum atomic E-state index is -4.16. The second kappa shape index (κ2) is 11.1. The lowest BCUT2D eigenvalue weighted by atomic mass is 10.3. The van der Waals surface area contributed by atoms with E-state index in [2.05, 4.69) is 35.9 Å². The van der Waals surface area contributed by atoms with Gasteiger partial charge in [-0.1, -0.05) is 34.1 Å². The van der Waals surface area contributed by atoms with Gasteiger partial charge in [0.2, 0.25) is 10.0 Å². The molecule has 1 aliphatic rings. The van der Waals surface area contributed by atoms with E-state index in [1.54, 1.807) is 55.5 Å². The van der Waals surface area contributed by atoms with E-state index in [9.17, 15) is 16.8 Å². The number of nitrogens with zero attached hydrogens (tertiary/aromatic N) is 3. The van der Waals surface area contributed by atoms with E-state index in [0.29, 0.717) is 34.3 Å². The first-order valence-corrected chi connectivity index (χ1v) is 16.0. The minimum absolute atomic E-state index is 0.0519. The molecule has 0 atom stereocenters. The molecule has 0 spiro atoms. The van der Waals surface area contributed by atoms with Crippen molar-refractivity contribution in [2.24, 2.45) is 0 Å². The number of benzene rings is 3. The van der Waals surface area contributed by atoms with Gasteiger partial charge in [0, 0.05) is 23.2 Å². The molecule has 1 aliphatic heterocycles. The van der Waals surface area contributed by atoms with Crippen molar-refractivity contribution in [1.29, 1.82) is 0 Å². The molecule has 0 saturated carbocycles. The van der Waals surface area contributed by atoms with E-state index in [1.165, 1.54) is 22.5 Å². The van der Waals surface area contributed by atoms with Crippen LogP contribution in [0.4, 0.5) is 17.3 Å². The Morgan fingerprint density at radius 3 is 2.28 bits per heavy atom. The van der Waals surface area contributed by atoms with Crippen LogP contribution in [0.25, 0.3) is 11.0 Å². The summed E-state index contributed by atoms with van der Waals surface area (Å²) in [5.41, 5.74) is 1.42. The molecule has 3 aromatic carbocycles. The highest BCUT2D eigenvalue weighted by molar-refractivity contribution is 9.10. The van der Waals surface area contributed by atoms with Crippen molar-refractivity contribution in [3.05, 3.63) is 71.2 Å². The Bertz CT molecular complexity index is 1740. The number of anilines is 3. The van der Waals surface area contributed by atoms with Gasteiger partial charge in [-0.3, -0.25) is 4.72 Å². The number of para-hydroxylation sites is 2. The van der Waals surface area contributed by atoms with Crippen LogP contribution in [0.5, 0.6) is 5.75 Å². The first-order valence-electron chi connectivity index (χ1n) is 12.3. The van der Waals surface area contributed by atoms with Gasteiger partial charge in [-0.15, -0.1) is 0 Å². The van der Waals surface area contributed by atoms with Crippen molar-refractivity contribution in [1.82, 2.24) is 14.3 Å². The van der Waals surface area contributed by atoms with E-state index in [1.807, 2.05) is 0 Å². The monoisotopic (exact) mass is 631 g/mol. The largest absolute Gasteiger partial charge is 0.492 e. The van der Waals surface area contributed by atoms with Gasteiger partial charge >= 0.3 is 0 Å². The Balaban J connectivity index is 1.54. The first-order chi connectivity index (χ1) is 18.7. The van der Waals surface area contributed by atoms with Crippen molar-refractivity contribution in [3.63, 3.8) is 0 Å². The lowest BCUT2D eigenvalue weighted by molar-refractivity contribution is 0.331. The van der Waals surface area contributed by atoms with Gasteiger partial charge in [0.15, 0.2) is 11.6 Å². The average Bonchev–Trinajstić information content (AvgIpc) is 3.46. The minimum Gasteiger partial charge on any atom is -0.492 e. The fourth-order valence-corrected chi connectivity index (χ4v) is 7.51. The molecule has 0 radical (unpaired) electrons. The molecule has 2 heterocycles. The molecule has 0 bridgehead atoms. The summed E-state index contributed by atoms with van der Waals surface area (Å²) in [6.07, 6.45) is 1.66. The summed E-state index contributed by atoms with van der Waals surface area (Å²) < 4.78 is 63.4. The van der Waals surface area contributed by atoms with Gasteiger partial charge in [-0.05, 0) is 68.3 Å².